The van der Waals surface area contributed by atoms with Gasteiger partial charge in [-0.25, -0.2) is 0 Å². The molecule has 21 heavy (non-hydrogen) atoms. The van der Waals surface area contributed by atoms with Crippen LogP contribution in [-0.4, -0.2) is 61.4 Å². The van der Waals surface area contributed by atoms with E-state index in [0.29, 0.717) is 32.8 Å². The Hall–Kier alpha value is -1.14. The van der Waals surface area contributed by atoms with Gasteiger partial charge < -0.3 is 19.5 Å². The Labute approximate surface area is 125 Å². The summed E-state index contributed by atoms with van der Waals surface area (Å²) >= 11 is 0. The van der Waals surface area contributed by atoms with Gasteiger partial charge in [-0.1, -0.05) is 19.8 Å². The summed E-state index contributed by atoms with van der Waals surface area (Å²) in [5.74, 6) is -1.02. The molecular formula is C15H25NO5. The first-order valence-corrected chi connectivity index (χ1v) is 7.77. The summed E-state index contributed by atoms with van der Waals surface area (Å²) in [7, 11) is 0. The van der Waals surface area contributed by atoms with Crippen LogP contribution in [0.2, 0.25) is 0 Å². The summed E-state index contributed by atoms with van der Waals surface area (Å²) in [6.45, 7) is 4.38. The van der Waals surface area contributed by atoms with Crippen molar-refractivity contribution in [3.8, 4) is 0 Å². The highest BCUT2D eigenvalue weighted by Gasteiger charge is 2.54. The molecule has 2 atom stereocenters. The van der Waals surface area contributed by atoms with E-state index in [1.165, 1.54) is 0 Å². The molecule has 0 bridgehead atoms. The van der Waals surface area contributed by atoms with Crippen LogP contribution in [0.4, 0.5) is 0 Å². The molecule has 0 unspecified atom stereocenters. The molecule has 2 rings (SSSR count). The summed E-state index contributed by atoms with van der Waals surface area (Å²) in [6, 6.07) is 0. The van der Waals surface area contributed by atoms with Gasteiger partial charge in [-0.3, -0.25) is 9.59 Å². The number of rotatable bonds is 7. The minimum absolute atomic E-state index is 0.0486. The van der Waals surface area contributed by atoms with E-state index in [1.54, 1.807) is 4.90 Å². The minimum atomic E-state index is -0.823. The fourth-order valence-electron chi connectivity index (χ4n) is 3.19. The van der Waals surface area contributed by atoms with Crippen molar-refractivity contribution < 1.29 is 24.2 Å². The highest BCUT2D eigenvalue weighted by molar-refractivity contribution is 5.81. The molecule has 6 nitrogen and oxygen atoms in total. The van der Waals surface area contributed by atoms with Crippen LogP contribution in [0.25, 0.3) is 0 Å². The van der Waals surface area contributed by atoms with Crippen molar-refractivity contribution in [2.75, 3.05) is 39.5 Å². The summed E-state index contributed by atoms with van der Waals surface area (Å²) < 4.78 is 10.8. The average molecular weight is 299 g/mol. The number of ether oxygens (including phenoxy) is 2. The average Bonchev–Trinajstić information content (AvgIpc) is 2.88. The van der Waals surface area contributed by atoms with E-state index in [9.17, 15) is 14.7 Å². The monoisotopic (exact) mass is 299 g/mol. The third-order valence-corrected chi connectivity index (χ3v) is 4.60. The summed E-state index contributed by atoms with van der Waals surface area (Å²) in [6.07, 6.45) is 3.65. The van der Waals surface area contributed by atoms with E-state index in [-0.39, 0.29) is 25.0 Å². The quantitative estimate of drug-likeness (QED) is 0.714. The molecule has 2 saturated heterocycles. The fourth-order valence-corrected chi connectivity index (χ4v) is 3.19. The second kappa shape index (κ2) is 7.22. The molecule has 2 heterocycles. The SMILES string of the molecule is CCCCCOCC(=O)N1C[C@H]2COCC[C@@]2(C(=O)O)C1. The summed E-state index contributed by atoms with van der Waals surface area (Å²) in [5, 5.41) is 9.55. The Morgan fingerprint density at radius 1 is 1.43 bits per heavy atom. The first kappa shape index (κ1) is 16.2. The van der Waals surface area contributed by atoms with Crippen LogP contribution >= 0.6 is 0 Å². The molecule has 0 radical (unpaired) electrons. The van der Waals surface area contributed by atoms with Crippen molar-refractivity contribution in [1.29, 1.82) is 0 Å². The number of nitrogens with zero attached hydrogens (tertiary/aromatic N) is 1. The molecule has 0 aliphatic carbocycles. The van der Waals surface area contributed by atoms with Gasteiger partial charge in [-0.15, -0.1) is 0 Å². The maximum absolute atomic E-state index is 12.2. The van der Waals surface area contributed by atoms with Crippen LogP contribution in [0, 0.1) is 11.3 Å². The summed E-state index contributed by atoms with van der Waals surface area (Å²) in [5.41, 5.74) is -0.823. The molecule has 120 valence electrons. The second-order valence-corrected chi connectivity index (χ2v) is 6.02. The zero-order chi connectivity index (χ0) is 15.3. The van der Waals surface area contributed by atoms with Crippen LogP contribution in [0.15, 0.2) is 0 Å². The van der Waals surface area contributed by atoms with Gasteiger partial charge in [0.2, 0.25) is 5.91 Å². The van der Waals surface area contributed by atoms with E-state index in [4.69, 9.17) is 9.47 Å². The molecule has 2 fully saturated rings. The number of amides is 1. The van der Waals surface area contributed by atoms with E-state index >= 15 is 0 Å². The number of hydrogen-bond donors (Lipinski definition) is 1. The van der Waals surface area contributed by atoms with Crippen molar-refractivity contribution in [2.24, 2.45) is 11.3 Å². The van der Waals surface area contributed by atoms with Gasteiger partial charge >= 0.3 is 5.97 Å². The highest BCUT2D eigenvalue weighted by Crippen LogP contribution is 2.42. The number of likely N-dealkylation sites (tertiary alicyclic amines) is 1. The van der Waals surface area contributed by atoms with Gasteiger partial charge in [-0.05, 0) is 12.8 Å². The third-order valence-electron chi connectivity index (χ3n) is 4.60. The van der Waals surface area contributed by atoms with E-state index in [1.807, 2.05) is 0 Å². The zero-order valence-corrected chi connectivity index (χ0v) is 12.7. The van der Waals surface area contributed by atoms with Crippen LogP contribution < -0.4 is 0 Å². The maximum atomic E-state index is 12.2. The smallest absolute Gasteiger partial charge is 0.311 e. The number of carboxylic acids is 1. The predicted octanol–water partition coefficient (Wildman–Crippen LogP) is 1.14. The van der Waals surface area contributed by atoms with E-state index < -0.39 is 11.4 Å². The minimum Gasteiger partial charge on any atom is -0.481 e. The molecule has 0 aromatic rings. The lowest BCUT2D eigenvalue weighted by atomic mass is 9.74. The Balaban J connectivity index is 1.85. The summed E-state index contributed by atoms with van der Waals surface area (Å²) in [4.78, 5) is 25.4. The van der Waals surface area contributed by atoms with Gasteiger partial charge in [0, 0.05) is 32.2 Å². The van der Waals surface area contributed by atoms with Crippen molar-refractivity contribution in [3.05, 3.63) is 0 Å². The molecule has 0 aromatic carbocycles. The number of aliphatic carboxylic acids is 1. The van der Waals surface area contributed by atoms with Crippen molar-refractivity contribution >= 4 is 11.9 Å². The van der Waals surface area contributed by atoms with Gasteiger partial charge in [-0.2, -0.15) is 0 Å². The number of unbranched alkanes of at least 4 members (excludes halogenated alkanes) is 2. The predicted molar refractivity (Wildman–Crippen MR) is 75.9 cm³/mol. The molecule has 2 aliphatic rings. The Morgan fingerprint density at radius 3 is 2.90 bits per heavy atom. The fraction of sp³-hybridized carbons (Fsp3) is 0.867. The topological polar surface area (TPSA) is 76.1 Å². The van der Waals surface area contributed by atoms with Crippen molar-refractivity contribution in [3.63, 3.8) is 0 Å². The molecule has 0 spiro atoms. The van der Waals surface area contributed by atoms with Gasteiger partial charge in [0.05, 0.1) is 12.0 Å². The standard InChI is InChI=1S/C15H25NO5/c1-2-3-4-6-20-10-13(17)16-8-12-9-21-7-5-15(12,11-16)14(18)19/h12H,2-11H2,1H3,(H,18,19)/t12-,15+/m0/s1. The van der Waals surface area contributed by atoms with E-state index in [2.05, 4.69) is 6.92 Å². The Kier molecular flexibility index (Phi) is 5.58. The third kappa shape index (κ3) is 3.55. The van der Waals surface area contributed by atoms with Crippen molar-refractivity contribution in [2.45, 2.75) is 32.6 Å². The first-order valence-electron chi connectivity index (χ1n) is 7.77. The second-order valence-electron chi connectivity index (χ2n) is 6.02. The first-order chi connectivity index (χ1) is 10.1. The van der Waals surface area contributed by atoms with Crippen LogP contribution in [0.1, 0.15) is 32.6 Å². The lowest BCUT2D eigenvalue weighted by Crippen LogP contribution is -2.45. The molecule has 1 N–H and O–H groups in total. The van der Waals surface area contributed by atoms with Gasteiger partial charge in [0.25, 0.3) is 0 Å². The number of carbonyl (C=O) groups excluding carboxylic acids is 1. The van der Waals surface area contributed by atoms with Crippen LogP contribution in [-0.2, 0) is 19.1 Å². The zero-order valence-electron chi connectivity index (χ0n) is 12.7. The van der Waals surface area contributed by atoms with Crippen molar-refractivity contribution in [1.82, 2.24) is 4.90 Å². The Morgan fingerprint density at radius 2 is 2.24 bits per heavy atom. The molecular weight excluding hydrogens is 274 g/mol. The maximum Gasteiger partial charge on any atom is 0.311 e. The Bertz CT molecular complexity index is 386. The molecule has 0 aromatic heterocycles. The number of carboxylic acid groups (broad SMARTS) is 1. The van der Waals surface area contributed by atoms with Gasteiger partial charge in [0.15, 0.2) is 0 Å². The lowest BCUT2D eigenvalue weighted by Gasteiger charge is -2.33. The number of hydrogen-bond acceptors (Lipinski definition) is 4. The molecule has 1 amide bonds. The number of fused-ring (bicyclic) bond motifs is 1. The molecule has 0 saturated carbocycles. The highest BCUT2D eigenvalue weighted by atomic mass is 16.5. The molecule has 2 aliphatic heterocycles. The van der Waals surface area contributed by atoms with Crippen LogP contribution in [0.5, 0.6) is 0 Å². The van der Waals surface area contributed by atoms with Crippen LogP contribution in [0.3, 0.4) is 0 Å². The number of carbonyl (C=O) groups is 2. The van der Waals surface area contributed by atoms with Gasteiger partial charge in [0.1, 0.15) is 6.61 Å². The molecule has 6 heteroatoms. The van der Waals surface area contributed by atoms with E-state index in [0.717, 1.165) is 19.3 Å². The largest absolute Gasteiger partial charge is 0.481 e. The lowest BCUT2D eigenvalue weighted by molar-refractivity contribution is -0.157. The normalized spacial score (nSPS) is 28.4.